The first-order valence-corrected chi connectivity index (χ1v) is 5.53. The number of allylic oxidation sites excluding steroid dienone is 1. The van der Waals surface area contributed by atoms with E-state index >= 15 is 0 Å². The molecule has 1 aromatic carbocycles. The van der Waals surface area contributed by atoms with Crippen LogP contribution in [0.1, 0.15) is 44.2 Å². The largest absolute Gasteiger partial charge is 0.496 e. The minimum Gasteiger partial charge on any atom is -0.496 e. The maximum Gasteiger partial charge on any atom is 0.126 e. The van der Waals surface area contributed by atoms with Gasteiger partial charge in [0.1, 0.15) is 5.75 Å². The fourth-order valence-corrected chi connectivity index (χ4v) is 1.47. The second kappa shape index (κ2) is 5.59. The Balaban J connectivity index is 3.03. The van der Waals surface area contributed by atoms with Crippen LogP contribution < -0.4 is 4.74 Å². The Morgan fingerprint density at radius 2 is 2.07 bits per heavy atom. The second-order valence-electron chi connectivity index (χ2n) is 3.97. The monoisotopic (exact) mass is 204 g/mol. The number of rotatable bonds is 4. The molecular formula is C14H20O. The van der Waals surface area contributed by atoms with Crippen molar-refractivity contribution in [1.82, 2.24) is 0 Å². The zero-order valence-electron chi connectivity index (χ0n) is 10.1. The van der Waals surface area contributed by atoms with Crippen LogP contribution in [0.15, 0.2) is 24.3 Å². The van der Waals surface area contributed by atoms with Gasteiger partial charge in [-0.05, 0) is 24.0 Å². The molecule has 15 heavy (non-hydrogen) atoms. The fraction of sp³-hybridized carbons (Fsp3) is 0.429. The first kappa shape index (κ1) is 11.8. The van der Waals surface area contributed by atoms with Gasteiger partial charge in [0.05, 0.1) is 7.11 Å². The molecule has 0 fully saturated rings. The molecule has 1 rings (SSSR count). The van der Waals surface area contributed by atoms with Crippen molar-refractivity contribution in [3.63, 3.8) is 0 Å². The summed E-state index contributed by atoms with van der Waals surface area (Å²) < 4.78 is 5.38. The van der Waals surface area contributed by atoms with Crippen LogP contribution >= 0.6 is 0 Å². The first-order valence-electron chi connectivity index (χ1n) is 5.53. The first-order chi connectivity index (χ1) is 7.19. The highest BCUT2D eigenvalue weighted by atomic mass is 16.5. The molecule has 0 atom stereocenters. The number of hydrogen-bond donors (Lipinski definition) is 0. The molecular weight excluding hydrogens is 184 g/mol. The van der Waals surface area contributed by atoms with Gasteiger partial charge in [-0.2, -0.15) is 0 Å². The molecule has 1 aromatic rings. The van der Waals surface area contributed by atoms with E-state index in [0.29, 0.717) is 5.92 Å². The van der Waals surface area contributed by atoms with Gasteiger partial charge in [-0.15, -0.1) is 0 Å². The summed E-state index contributed by atoms with van der Waals surface area (Å²) in [5.74, 6) is 1.51. The van der Waals surface area contributed by atoms with Crippen molar-refractivity contribution in [2.45, 2.75) is 33.1 Å². The zero-order valence-corrected chi connectivity index (χ0v) is 10.1. The van der Waals surface area contributed by atoms with Gasteiger partial charge in [0.25, 0.3) is 0 Å². The molecule has 0 unspecified atom stereocenters. The molecule has 0 N–H and O–H groups in total. The molecule has 0 aromatic heterocycles. The van der Waals surface area contributed by atoms with E-state index in [2.05, 4.69) is 51.1 Å². The van der Waals surface area contributed by atoms with Crippen LogP contribution in [0.2, 0.25) is 0 Å². The molecule has 0 heterocycles. The lowest BCUT2D eigenvalue weighted by Crippen LogP contribution is -1.92. The number of benzene rings is 1. The van der Waals surface area contributed by atoms with Gasteiger partial charge in [-0.25, -0.2) is 0 Å². The third-order valence-corrected chi connectivity index (χ3v) is 2.46. The Hall–Kier alpha value is -1.24. The maximum absolute atomic E-state index is 5.38. The van der Waals surface area contributed by atoms with E-state index in [-0.39, 0.29) is 0 Å². The van der Waals surface area contributed by atoms with E-state index in [4.69, 9.17) is 4.74 Å². The number of ether oxygens (including phenoxy) is 1. The third-order valence-electron chi connectivity index (χ3n) is 2.46. The van der Waals surface area contributed by atoms with Crippen molar-refractivity contribution < 1.29 is 4.74 Å². The van der Waals surface area contributed by atoms with E-state index in [0.717, 1.165) is 17.7 Å². The van der Waals surface area contributed by atoms with Crippen molar-refractivity contribution >= 4 is 6.08 Å². The van der Waals surface area contributed by atoms with E-state index < -0.39 is 0 Å². The van der Waals surface area contributed by atoms with Gasteiger partial charge in [0.2, 0.25) is 0 Å². The summed E-state index contributed by atoms with van der Waals surface area (Å²) in [6, 6.07) is 6.42. The van der Waals surface area contributed by atoms with E-state index in [9.17, 15) is 0 Å². The zero-order chi connectivity index (χ0) is 11.3. The van der Waals surface area contributed by atoms with Gasteiger partial charge in [-0.1, -0.05) is 45.1 Å². The van der Waals surface area contributed by atoms with Gasteiger partial charge in [-0.3, -0.25) is 0 Å². The molecule has 1 nitrogen and oxygen atoms in total. The molecule has 82 valence electrons. The number of hydrogen-bond acceptors (Lipinski definition) is 1. The Bertz CT molecular complexity index is 337. The lowest BCUT2D eigenvalue weighted by molar-refractivity contribution is 0.413. The predicted octanol–water partition coefficient (Wildman–Crippen LogP) is 4.24. The van der Waals surface area contributed by atoms with Crippen LogP contribution in [0.5, 0.6) is 5.75 Å². The quantitative estimate of drug-likeness (QED) is 0.712. The Morgan fingerprint density at radius 1 is 1.33 bits per heavy atom. The summed E-state index contributed by atoms with van der Waals surface area (Å²) >= 11 is 0. The van der Waals surface area contributed by atoms with Gasteiger partial charge in [0, 0.05) is 5.56 Å². The molecule has 0 aliphatic carbocycles. The number of methoxy groups -OCH3 is 1. The minimum atomic E-state index is 0.545. The molecule has 0 spiro atoms. The molecule has 0 aliphatic heterocycles. The highest BCUT2D eigenvalue weighted by Gasteiger charge is 2.04. The predicted molar refractivity (Wildman–Crippen MR) is 66.4 cm³/mol. The van der Waals surface area contributed by atoms with Crippen LogP contribution in [-0.2, 0) is 0 Å². The topological polar surface area (TPSA) is 9.23 Å². The standard InChI is InChI=1S/C14H20O/c1-5-6-7-12-8-9-13(11(2)3)10-14(12)15-4/h6-11H,5H2,1-4H3/b7-6-. The van der Waals surface area contributed by atoms with Crippen LogP contribution in [-0.4, -0.2) is 7.11 Å². The molecule has 0 radical (unpaired) electrons. The highest BCUT2D eigenvalue weighted by molar-refractivity contribution is 5.58. The lowest BCUT2D eigenvalue weighted by atomic mass is 10.0. The normalized spacial score (nSPS) is 11.3. The van der Waals surface area contributed by atoms with Gasteiger partial charge in [0.15, 0.2) is 0 Å². The molecule has 1 heteroatoms. The Labute approximate surface area is 92.8 Å². The van der Waals surface area contributed by atoms with Crippen molar-refractivity contribution in [1.29, 1.82) is 0 Å². The van der Waals surface area contributed by atoms with Crippen molar-refractivity contribution in [2.75, 3.05) is 7.11 Å². The van der Waals surface area contributed by atoms with Crippen molar-refractivity contribution in [2.24, 2.45) is 0 Å². The van der Waals surface area contributed by atoms with Gasteiger partial charge < -0.3 is 4.74 Å². The average Bonchev–Trinajstić information content (AvgIpc) is 2.25. The van der Waals surface area contributed by atoms with E-state index in [1.165, 1.54) is 5.56 Å². The fourth-order valence-electron chi connectivity index (χ4n) is 1.47. The second-order valence-corrected chi connectivity index (χ2v) is 3.97. The molecule has 0 amide bonds. The Morgan fingerprint density at radius 3 is 2.60 bits per heavy atom. The van der Waals surface area contributed by atoms with E-state index in [1.807, 2.05) is 0 Å². The van der Waals surface area contributed by atoms with Crippen molar-refractivity contribution in [3.05, 3.63) is 35.4 Å². The lowest BCUT2D eigenvalue weighted by Gasteiger charge is -2.10. The summed E-state index contributed by atoms with van der Waals surface area (Å²) in [5, 5.41) is 0. The summed E-state index contributed by atoms with van der Waals surface area (Å²) in [6.45, 7) is 6.51. The molecule has 0 bridgehead atoms. The summed E-state index contributed by atoms with van der Waals surface area (Å²) in [6.07, 6.45) is 5.31. The summed E-state index contributed by atoms with van der Waals surface area (Å²) in [7, 11) is 1.72. The van der Waals surface area contributed by atoms with Gasteiger partial charge >= 0.3 is 0 Å². The van der Waals surface area contributed by atoms with E-state index in [1.54, 1.807) is 7.11 Å². The van der Waals surface area contributed by atoms with Crippen molar-refractivity contribution in [3.8, 4) is 5.75 Å². The summed E-state index contributed by atoms with van der Waals surface area (Å²) in [5.41, 5.74) is 2.48. The average molecular weight is 204 g/mol. The maximum atomic E-state index is 5.38. The van der Waals surface area contributed by atoms with Crippen LogP contribution in [0.25, 0.3) is 6.08 Å². The highest BCUT2D eigenvalue weighted by Crippen LogP contribution is 2.25. The van der Waals surface area contributed by atoms with Crippen LogP contribution in [0.3, 0.4) is 0 Å². The molecule has 0 aliphatic rings. The molecule has 0 saturated carbocycles. The SMILES string of the molecule is CC/C=C\c1ccc(C(C)C)cc1OC. The third kappa shape index (κ3) is 3.12. The minimum absolute atomic E-state index is 0.545. The molecule has 0 saturated heterocycles. The summed E-state index contributed by atoms with van der Waals surface area (Å²) in [4.78, 5) is 0. The smallest absolute Gasteiger partial charge is 0.126 e. The Kier molecular flexibility index (Phi) is 4.41. The van der Waals surface area contributed by atoms with Crippen LogP contribution in [0, 0.1) is 0 Å². The van der Waals surface area contributed by atoms with Crippen LogP contribution in [0.4, 0.5) is 0 Å².